The lowest BCUT2D eigenvalue weighted by atomic mass is 10.1. The molecular weight excluding hydrogens is 234 g/mol. The number of rotatable bonds is 5. The lowest BCUT2D eigenvalue weighted by Gasteiger charge is -2.08. The molecule has 0 radical (unpaired) electrons. The largest absolute Gasteiger partial charge is 0.396 e. The standard InChI is InChI=1S/C12H13N3O3/c16-7-1-5-14-11-2-3-12(15(17)18)9-4-6-13-8-10(9)11/h2-4,6,8,14,16H,1,5,7H2. The number of nitrogens with zero attached hydrogens (tertiary/aromatic N) is 2. The number of nitro groups is 1. The second-order valence-electron chi connectivity index (χ2n) is 3.81. The number of nitrogens with one attached hydrogen (secondary N) is 1. The Bertz CT molecular complexity index is 571. The summed E-state index contributed by atoms with van der Waals surface area (Å²) in [6, 6.07) is 4.77. The fourth-order valence-electron chi connectivity index (χ4n) is 1.79. The van der Waals surface area contributed by atoms with Gasteiger partial charge in [-0.05, 0) is 18.6 Å². The zero-order chi connectivity index (χ0) is 13.0. The first-order valence-electron chi connectivity index (χ1n) is 5.60. The number of benzene rings is 1. The molecule has 0 atom stereocenters. The van der Waals surface area contributed by atoms with E-state index in [-0.39, 0.29) is 12.3 Å². The highest BCUT2D eigenvalue weighted by molar-refractivity contribution is 5.99. The summed E-state index contributed by atoms with van der Waals surface area (Å²) >= 11 is 0. The van der Waals surface area contributed by atoms with Crippen LogP contribution in [0.5, 0.6) is 0 Å². The van der Waals surface area contributed by atoms with Gasteiger partial charge in [-0.1, -0.05) is 0 Å². The van der Waals surface area contributed by atoms with E-state index >= 15 is 0 Å². The Balaban J connectivity index is 2.44. The topological polar surface area (TPSA) is 88.3 Å². The molecule has 2 aromatic rings. The summed E-state index contributed by atoms with van der Waals surface area (Å²) < 4.78 is 0. The number of non-ortho nitro benzene ring substituents is 1. The van der Waals surface area contributed by atoms with Crippen LogP contribution in [0.3, 0.4) is 0 Å². The minimum atomic E-state index is -0.403. The number of nitro benzene ring substituents is 1. The van der Waals surface area contributed by atoms with Crippen molar-refractivity contribution in [3.05, 3.63) is 40.7 Å². The minimum absolute atomic E-state index is 0.0695. The van der Waals surface area contributed by atoms with Crippen molar-refractivity contribution in [3.8, 4) is 0 Å². The molecule has 0 saturated carbocycles. The SMILES string of the molecule is O=[N+]([O-])c1ccc(NCCCO)c2cnccc12. The van der Waals surface area contributed by atoms with Gasteiger partial charge in [-0.3, -0.25) is 15.1 Å². The molecule has 0 aliphatic heterocycles. The van der Waals surface area contributed by atoms with Gasteiger partial charge in [0.2, 0.25) is 0 Å². The third-order valence-electron chi connectivity index (χ3n) is 2.64. The third kappa shape index (κ3) is 2.38. The molecule has 2 rings (SSSR count). The molecule has 6 heteroatoms. The quantitative estimate of drug-likeness (QED) is 0.479. The molecule has 0 amide bonds. The van der Waals surface area contributed by atoms with Crippen LogP contribution < -0.4 is 5.32 Å². The van der Waals surface area contributed by atoms with Crippen LogP contribution in [0, 0.1) is 10.1 Å². The third-order valence-corrected chi connectivity index (χ3v) is 2.64. The molecule has 0 bridgehead atoms. The van der Waals surface area contributed by atoms with Crippen LogP contribution in [-0.4, -0.2) is 28.2 Å². The van der Waals surface area contributed by atoms with Crippen molar-refractivity contribution in [2.24, 2.45) is 0 Å². The van der Waals surface area contributed by atoms with Crippen molar-refractivity contribution < 1.29 is 10.0 Å². The van der Waals surface area contributed by atoms with Crippen molar-refractivity contribution in [1.82, 2.24) is 4.98 Å². The van der Waals surface area contributed by atoms with Crippen LogP contribution in [0.4, 0.5) is 11.4 Å². The highest BCUT2D eigenvalue weighted by Gasteiger charge is 2.13. The summed E-state index contributed by atoms with van der Waals surface area (Å²) in [5, 5.41) is 24.1. The van der Waals surface area contributed by atoms with E-state index in [1.165, 1.54) is 12.3 Å². The van der Waals surface area contributed by atoms with E-state index in [2.05, 4.69) is 10.3 Å². The normalized spacial score (nSPS) is 10.5. The summed E-state index contributed by atoms with van der Waals surface area (Å²) in [6.45, 7) is 0.717. The Morgan fingerprint density at radius 1 is 1.33 bits per heavy atom. The molecule has 0 aliphatic carbocycles. The maximum absolute atomic E-state index is 10.9. The minimum Gasteiger partial charge on any atom is -0.396 e. The zero-order valence-electron chi connectivity index (χ0n) is 9.67. The van der Waals surface area contributed by atoms with Gasteiger partial charge < -0.3 is 10.4 Å². The molecule has 1 heterocycles. The highest BCUT2D eigenvalue weighted by atomic mass is 16.6. The Morgan fingerprint density at radius 2 is 2.17 bits per heavy atom. The molecule has 0 aliphatic rings. The summed E-state index contributed by atoms with van der Waals surface area (Å²) in [4.78, 5) is 14.5. The molecule has 18 heavy (non-hydrogen) atoms. The van der Waals surface area contributed by atoms with Gasteiger partial charge in [-0.2, -0.15) is 0 Å². The van der Waals surface area contributed by atoms with E-state index in [0.717, 1.165) is 5.69 Å². The zero-order valence-corrected chi connectivity index (χ0v) is 9.67. The Kier molecular flexibility index (Phi) is 3.69. The van der Waals surface area contributed by atoms with Crippen molar-refractivity contribution >= 4 is 22.1 Å². The molecule has 0 spiro atoms. The number of aliphatic hydroxyl groups is 1. The van der Waals surface area contributed by atoms with Gasteiger partial charge in [0.1, 0.15) is 0 Å². The van der Waals surface area contributed by atoms with E-state index in [9.17, 15) is 10.1 Å². The number of aromatic nitrogens is 1. The number of hydrogen-bond acceptors (Lipinski definition) is 5. The van der Waals surface area contributed by atoms with Crippen LogP contribution in [0.25, 0.3) is 10.8 Å². The van der Waals surface area contributed by atoms with Crippen LogP contribution in [0.15, 0.2) is 30.6 Å². The molecule has 0 saturated heterocycles. The maximum Gasteiger partial charge on any atom is 0.277 e. The molecule has 6 nitrogen and oxygen atoms in total. The molecular formula is C12H13N3O3. The van der Waals surface area contributed by atoms with Gasteiger partial charge in [-0.25, -0.2) is 0 Å². The van der Waals surface area contributed by atoms with Gasteiger partial charge in [0.25, 0.3) is 5.69 Å². The van der Waals surface area contributed by atoms with Crippen molar-refractivity contribution in [2.45, 2.75) is 6.42 Å². The van der Waals surface area contributed by atoms with Crippen molar-refractivity contribution in [1.29, 1.82) is 0 Å². The van der Waals surface area contributed by atoms with E-state index < -0.39 is 4.92 Å². The number of aliphatic hydroxyl groups excluding tert-OH is 1. The number of fused-ring (bicyclic) bond motifs is 1. The fourth-order valence-corrected chi connectivity index (χ4v) is 1.79. The lowest BCUT2D eigenvalue weighted by molar-refractivity contribution is -0.383. The van der Waals surface area contributed by atoms with Crippen LogP contribution in [0.1, 0.15) is 6.42 Å². The molecule has 0 unspecified atom stereocenters. The van der Waals surface area contributed by atoms with E-state index in [0.29, 0.717) is 23.7 Å². The Hall–Kier alpha value is -2.21. The first kappa shape index (κ1) is 12.3. The first-order valence-corrected chi connectivity index (χ1v) is 5.60. The fraction of sp³-hybridized carbons (Fsp3) is 0.250. The molecule has 1 aromatic heterocycles. The van der Waals surface area contributed by atoms with Crippen LogP contribution >= 0.6 is 0 Å². The van der Waals surface area contributed by atoms with Gasteiger partial charge >= 0.3 is 0 Å². The monoisotopic (exact) mass is 247 g/mol. The van der Waals surface area contributed by atoms with Gasteiger partial charge in [0.15, 0.2) is 0 Å². The van der Waals surface area contributed by atoms with Crippen molar-refractivity contribution in [2.75, 3.05) is 18.5 Å². The average Bonchev–Trinajstić information content (AvgIpc) is 2.38. The number of hydrogen-bond donors (Lipinski definition) is 2. The molecule has 2 N–H and O–H groups in total. The van der Waals surface area contributed by atoms with E-state index in [1.807, 2.05) is 0 Å². The molecule has 94 valence electrons. The average molecular weight is 247 g/mol. The summed E-state index contributed by atoms with van der Waals surface area (Å²) in [5.41, 5.74) is 0.859. The number of pyridine rings is 1. The van der Waals surface area contributed by atoms with Crippen LogP contribution in [0.2, 0.25) is 0 Å². The smallest absolute Gasteiger partial charge is 0.277 e. The van der Waals surface area contributed by atoms with Gasteiger partial charge in [0, 0.05) is 42.7 Å². The highest BCUT2D eigenvalue weighted by Crippen LogP contribution is 2.30. The predicted octanol–water partition coefficient (Wildman–Crippen LogP) is 1.94. The second kappa shape index (κ2) is 5.42. The predicted molar refractivity (Wildman–Crippen MR) is 68.6 cm³/mol. The number of anilines is 1. The summed E-state index contributed by atoms with van der Waals surface area (Å²) in [7, 11) is 0. The molecule has 1 aromatic carbocycles. The maximum atomic E-state index is 10.9. The second-order valence-corrected chi connectivity index (χ2v) is 3.81. The van der Waals surface area contributed by atoms with E-state index in [1.54, 1.807) is 18.3 Å². The molecule has 0 fully saturated rings. The summed E-state index contributed by atoms with van der Waals surface area (Å²) in [5.74, 6) is 0. The van der Waals surface area contributed by atoms with Crippen molar-refractivity contribution in [3.63, 3.8) is 0 Å². The van der Waals surface area contributed by atoms with E-state index in [4.69, 9.17) is 5.11 Å². The first-order chi connectivity index (χ1) is 8.74. The lowest BCUT2D eigenvalue weighted by Crippen LogP contribution is -2.04. The Morgan fingerprint density at radius 3 is 2.89 bits per heavy atom. The Labute approximate surface area is 103 Å². The van der Waals surface area contributed by atoms with Gasteiger partial charge in [0.05, 0.1) is 10.3 Å². The summed E-state index contributed by atoms with van der Waals surface area (Å²) in [6.07, 6.45) is 3.76. The van der Waals surface area contributed by atoms with Crippen LogP contribution in [-0.2, 0) is 0 Å². The van der Waals surface area contributed by atoms with Gasteiger partial charge in [-0.15, -0.1) is 0 Å².